The third-order valence-electron chi connectivity index (χ3n) is 7.24. The first kappa shape index (κ1) is 24.4. The van der Waals surface area contributed by atoms with Gasteiger partial charge in [0.2, 0.25) is 5.91 Å². The van der Waals surface area contributed by atoms with Crippen molar-refractivity contribution < 1.29 is 14.3 Å². The number of hydrogen-bond donors (Lipinski definition) is 0. The van der Waals surface area contributed by atoms with E-state index in [0.29, 0.717) is 17.0 Å². The van der Waals surface area contributed by atoms with Crippen molar-refractivity contribution in [2.75, 3.05) is 9.80 Å². The Bertz CT molecular complexity index is 1240. The zero-order chi connectivity index (χ0) is 25.2. The van der Waals surface area contributed by atoms with E-state index in [1.807, 2.05) is 77.4 Å². The molecule has 1 aliphatic heterocycles. The maximum atomic E-state index is 13.7. The topological polar surface area (TPSA) is 49.9 Å². The summed E-state index contributed by atoms with van der Waals surface area (Å²) >= 11 is 6.09. The molecule has 1 heterocycles. The van der Waals surface area contributed by atoms with Crippen LogP contribution >= 0.6 is 11.6 Å². The molecule has 2 aliphatic rings. The molecule has 1 saturated carbocycles. The Morgan fingerprint density at radius 3 is 2.28 bits per heavy atom. The van der Waals surface area contributed by atoms with Crippen molar-refractivity contribution in [2.45, 2.75) is 64.1 Å². The van der Waals surface area contributed by atoms with Gasteiger partial charge in [-0.15, -0.1) is 0 Å². The van der Waals surface area contributed by atoms with Gasteiger partial charge in [0, 0.05) is 34.9 Å². The standard InChI is InChI=1S/C30H31ClN2O3/c1-20-19-29(33(21(2)34)24-15-13-23(31)14-16-24)27-9-5-6-10-28(27)32(20)30(35)22-11-17-26(18-12-22)36-25-7-3-4-8-25/h5-6,9-18,20,25,29H,3-4,7-8,19H2,1-2H3/t20-,29+/m0/s1. The van der Waals surface area contributed by atoms with Crippen molar-refractivity contribution in [2.24, 2.45) is 0 Å². The normalized spacial score (nSPS) is 19.6. The lowest BCUT2D eigenvalue weighted by Gasteiger charge is -2.43. The fourth-order valence-corrected chi connectivity index (χ4v) is 5.66. The number of carbonyl (C=O) groups is 2. The van der Waals surface area contributed by atoms with E-state index < -0.39 is 0 Å². The minimum atomic E-state index is -0.193. The van der Waals surface area contributed by atoms with E-state index in [1.165, 1.54) is 12.8 Å². The van der Waals surface area contributed by atoms with Crippen LogP contribution in [0.1, 0.15) is 67.9 Å². The van der Waals surface area contributed by atoms with Gasteiger partial charge in [-0.3, -0.25) is 9.59 Å². The first-order valence-corrected chi connectivity index (χ1v) is 13.0. The molecule has 1 aliphatic carbocycles. The van der Waals surface area contributed by atoms with Crippen LogP contribution in [0.4, 0.5) is 11.4 Å². The van der Waals surface area contributed by atoms with Crippen molar-refractivity contribution in [1.82, 2.24) is 0 Å². The second-order valence-electron chi connectivity index (χ2n) is 9.75. The van der Waals surface area contributed by atoms with Gasteiger partial charge in [-0.05, 0) is 99.2 Å². The SMILES string of the molecule is CC(=O)N(c1ccc(Cl)cc1)[C@@H]1C[C@H](C)N(C(=O)c2ccc(OC3CCCC3)cc2)c2ccccc21. The summed E-state index contributed by atoms with van der Waals surface area (Å²) in [6, 6.07) is 22.4. The van der Waals surface area contributed by atoms with Gasteiger partial charge in [0.25, 0.3) is 5.91 Å². The van der Waals surface area contributed by atoms with Crippen LogP contribution in [0.2, 0.25) is 5.02 Å². The number of carbonyl (C=O) groups excluding carboxylic acids is 2. The number of hydrogen-bond acceptors (Lipinski definition) is 3. The highest BCUT2D eigenvalue weighted by atomic mass is 35.5. The van der Waals surface area contributed by atoms with E-state index in [9.17, 15) is 9.59 Å². The van der Waals surface area contributed by atoms with Gasteiger partial charge in [-0.25, -0.2) is 0 Å². The lowest BCUT2D eigenvalue weighted by molar-refractivity contribution is -0.117. The number of para-hydroxylation sites is 1. The average molecular weight is 503 g/mol. The second-order valence-corrected chi connectivity index (χ2v) is 10.2. The molecule has 2 atom stereocenters. The van der Waals surface area contributed by atoms with Gasteiger partial charge in [-0.2, -0.15) is 0 Å². The summed E-state index contributed by atoms with van der Waals surface area (Å²) in [6.45, 7) is 3.62. The molecule has 0 bridgehead atoms. The number of nitrogens with zero attached hydrogens (tertiary/aromatic N) is 2. The monoisotopic (exact) mass is 502 g/mol. The van der Waals surface area contributed by atoms with Crippen molar-refractivity contribution in [3.8, 4) is 5.75 Å². The fourth-order valence-electron chi connectivity index (χ4n) is 5.53. The molecule has 3 aromatic rings. The van der Waals surface area contributed by atoms with Crippen LogP contribution < -0.4 is 14.5 Å². The number of fused-ring (bicyclic) bond motifs is 1. The third kappa shape index (κ3) is 4.85. The predicted molar refractivity (Wildman–Crippen MR) is 144 cm³/mol. The number of rotatable bonds is 5. The molecule has 0 spiro atoms. The molecule has 186 valence electrons. The maximum absolute atomic E-state index is 13.7. The van der Waals surface area contributed by atoms with Gasteiger partial charge < -0.3 is 14.5 Å². The van der Waals surface area contributed by atoms with E-state index >= 15 is 0 Å². The van der Waals surface area contributed by atoms with Crippen molar-refractivity contribution in [3.63, 3.8) is 0 Å². The van der Waals surface area contributed by atoms with Crippen molar-refractivity contribution >= 4 is 34.8 Å². The quantitative estimate of drug-likeness (QED) is 0.371. The zero-order valence-corrected chi connectivity index (χ0v) is 21.4. The van der Waals surface area contributed by atoms with Gasteiger partial charge in [0.15, 0.2) is 0 Å². The fraction of sp³-hybridized carbons (Fsp3) is 0.333. The van der Waals surface area contributed by atoms with Gasteiger partial charge >= 0.3 is 0 Å². The summed E-state index contributed by atoms with van der Waals surface area (Å²) < 4.78 is 6.07. The summed E-state index contributed by atoms with van der Waals surface area (Å²) in [5.74, 6) is 0.703. The Morgan fingerprint density at radius 1 is 0.944 bits per heavy atom. The summed E-state index contributed by atoms with van der Waals surface area (Å²) in [5, 5.41) is 0.621. The third-order valence-corrected chi connectivity index (χ3v) is 7.49. The summed E-state index contributed by atoms with van der Waals surface area (Å²) in [6.07, 6.45) is 5.52. The smallest absolute Gasteiger partial charge is 0.258 e. The molecule has 0 saturated heterocycles. The van der Waals surface area contributed by atoms with E-state index in [1.54, 1.807) is 19.1 Å². The molecule has 0 radical (unpaired) electrons. The van der Waals surface area contributed by atoms with E-state index in [0.717, 1.165) is 35.5 Å². The molecule has 1 fully saturated rings. The zero-order valence-electron chi connectivity index (χ0n) is 20.7. The number of benzene rings is 3. The molecule has 2 amide bonds. The second kappa shape index (κ2) is 10.4. The van der Waals surface area contributed by atoms with Gasteiger partial charge in [-0.1, -0.05) is 29.8 Å². The summed E-state index contributed by atoms with van der Waals surface area (Å²) in [5.41, 5.74) is 3.19. The molecule has 0 N–H and O–H groups in total. The highest BCUT2D eigenvalue weighted by Gasteiger charge is 2.38. The van der Waals surface area contributed by atoms with Crippen molar-refractivity contribution in [3.05, 3.63) is 88.9 Å². The van der Waals surface area contributed by atoms with Crippen molar-refractivity contribution in [1.29, 1.82) is 0 Å². The lowest BCUT2D eigenvalue weighted by Crippen LogP contribution is -2.47. The summed E-state index contributed by atoms with van der Waals surface area (Å²) in [4.78, 5) is 30.2. The Morgan fingerprint density at radius 2 is 1.61 bits per heavy atom. The molecule has 0 aromatic heterocycles. The highest BCUT2D eigenvalue weighted by molar-refractivity contribution is 6.30. The van der Waals surface area contributed by atoms with Gasteiger partial charge in [0.05, 0.1) is 12.1 Å². The Kier molecular flexibility index (Phi) is 7.01. The van der Waals surface area contributed by atoms with Crippen LogP contribution in [0.5, 0.6) is 5.75 Å². The van der Waals surface area contributed by atoms with Crippen LogP contribution in [0, 0.1) is 0 Å². The number of anilines is 2. The molecule has 36 heavy (non-hydrogen) atoms. The molecule has 5 rings (SSSR count). The molecule has 5 nitrogen and oxygen atoms in total. The highest BCUT2D eigenvalue weighted by Crippen LogP contribution is 2.43. The Hall–Kier alpha value is -3.31. The number of ether oxygens (including phenoxy) is 1. The number of halogens is 1. The van der Waals surface area contributed by atoms with Crippen LogP contribution in [0.3, 0.4) is 0 Å². The molecular formula is C30H31ClN2O3. The van der Waals surface area contributed by atoms with Crippen LogP contribution in [-0.2, 0) is 4.79 Å². The van der Waals surface area contributed by atoms with E-state index in [2.05, 4.69) is 0 Å². The maximum Gasteiger partial charge on any atom is 0.258 e. The minimum Gasteiger partial charge on any atom is -0.490 e. The Balaban J connectivity index is 1.44. The molecule has 6 heteroatoms. The van der Waals surface area contributed by atoms with Crippen LogP contribution in [0.25, 0.3) is 0 Å². The minimum absolute atomic E-state index is 0.0537. The Labute approximate surface area is 217 Å². The average Bonchev–Trinajstić information content (AvgIpc) is 3.38. The lowest BCUT2D eigenvalue weighted by atomic mass is 9.89. The van der Waals surface area contributed by atoms with E-state index in [-0.39, 0.29) is 30.0 Å². The largest absolute Gasteiger partial charge is 0.490 e. The number of amides is 2. The predicted octanol–water partition coefficient (Wildman–Crippen LogP) is 7.19. The van der Waals surface area contributed by atoms with Gasteiger partial charge in [0.1, 0.15) is 5.75 Å². The first-order valence-electron chi connectivity index (χ1n) is 12.7. The summed E-state index contributed by atoms with van der Waals surface area (Å²) in [7, 11) is 0. The molecular weight excluding hydrogens is 472 g/mol. The molecule has 3 aromatic carbocycles. The first-order chi connectivity index (χ1) is 17.4. The molecule has 0 unspecified atom stereocenters. The van der Waals surface area contributed by atoms with Crippen LogP contribution in [0.15, 0.2) is 72.8 Å². The van der Waals surface area contributed by atoms with E-state index in [4.69, 9.17) is 16.3 Å². The van der Waals surface area contributed by atoms with Crippen LogP contribution in [-0.4, -0.2) is 24.0 Å².